The van der Waals surface area contributed by atoms with Gasteiger partial charge in [-0.1, -0.05) is 0 Å². The molecule has 0 aliphatic heterocycles. The molecule has 1 aromatic rings. The second-order valence-corrected chi connectivity index (χ2v) is 3.28. The van der Waals surface area contributed by atoms with Gasteiger partial charge in [0, 0.05) is 18.3 Å². The Morgan fingerprint density at radius 1 is 1.43 bits per heavy atom. The van der Waals surface area contributed by atoms with E-state index in [4.69, 9.17) is 4.74 Å². The average Bonchev–Trinajstić information content (AvgIpc) is 2.16. The van der Waals surface area contributed by atoms with E-state index in [0.717, 1.165) is 17.7 Å². The summed E-state index contributed by atoms with van der Waals surface area (Å²) < 4.78 is 5.47. The summed E-state index contributed by atoms with van der Waals surface area (Å²) in [7, 11) is 1.78. The molecule has 0 amide bonds. The van der Waals surface area contributed by atoms with Crippen LogP contribution in [0, 0.1) is 0 Å². The van der Waals surface area contributed by atoms with Gasteiger partial charge in [-0.3, -0.25) is 4.79 Å². The lowest BCUT2D eigenvalue weighted by Crippen LogP contribution is -2.06. The first-order valence-electron chi connectivity index (χ1n) is 4.61. The van der Waals surface area contributed by atoms with Gasteiger partial charge >= 0.3 is 0 Å². The standard InChI is InChI=1S/C11H15NO2/c1-8(2)14-10-4-5-11(12-3)9(6-10)7-13/h4-8,12H,1-3H3. The summed E-state index contributed by atoms with van der Waals surface area (Å²) in [6.45, 7) is 3.90. The molecular weight excluding hydrogens is 178 g/mol. The lowest BCUT2D eigenvalue weighted by Gasteiger charge is -2.11. The Hall–Kier alpha value is -1.51. The SMILES string of the molecule is CNc1ccc(OC(C)C)cc1C=O. The first-order valence-corrected chi connectivity index (χ1v) is 4.61. The highest BCUT2D eigenvalue weighted by atomic mass is 16.5. The van der Waals surface area contributed by atoms with Gasteiger partial charge in [0.2, 0.25) is 0 Å². The van der Waals surface area contributed by atoms with E-state index in [1.165, 1.54) is 0 Å². The van der Waals surface area contributed by atoms with Crippen LogP contribution in [-0.4, -0.2) is 19.4 Å². The number of rotatable bonds is 4. The summed E-state index contributed by atoms with van der Waals surface area (Å²) in [5.41, 5.74) is 1.43. The van der Waals surface area contributed by atoms with Gasteiger partial charge in [0.1, 0.15) is 5.75 Å². The molecule has 0 aromatic heterocycles. The monoisotopic (exact) mass is 193 g/mol. The van der Waals surface area contributed by atoms with Crippen LogP contribution < -0.4 is 10.1 Å². The largest absolute Gasteiger partial charge is 0.491 e. The van der Waals surface area contributed by atoms with Gasteiger partial charge in [0.05, 0.1) is 6.10 Å². The van der Waals surface area contributed by atoms with Crippen LogP contribution in [0.4, 0.5) is 5.69 Å². The van der Waals surface area contributed by atoms with Crippen molar-refractivity contribution in [3.63, 3.8) is 0 Å². The summed E-state index contributed by atoms with van der Waals surface area (Å²) in [5, 5.41) is 2.94. The Bertz CT molecular complexity index is 321. The van der Waals surface area contributed by atoms with E-state index in [1.54, 1.807) is 13.1 Å². The summed E-state index contributed by atoms with van der Waals surface area (Å²) in [4.78, 5) is 10.7. The summed E-state index contributed by atoms with van der Waals surface area (Å²) >= 11 is 0. The molecule has 0 aliphatic rings. The number of hydrogen-bond acceptors (Lipinski definition) is 3. The first-order chi connectivity index (χ1) is 6.67. The van der Waals surface area contributed by atoms with E-state index in [-0.39, 0.29) is 6.10 Å². The fourth-order valence-corrected chi connectivity index (χ4v) is 1.21. The van der Waals surface area contributed by atoms with E-state index in [1.807, 2.05) is 26.0 Å². The third-order valence-electron chi connectivity index (χ3n) is 1.79. The Kier molecular flexibility index (Phi) is 3.51. The van der Waals surface area contributed by atoms with Crippen LogP contribution in [0.15, 0.2) is 18.2 Å². The Morgan fingerprint density at radius 2 is 2.14 bits per heavy atom. The molecule has 14 heavy (non-hydrogen) atoms. The second kappa shape index (κ2) is 4.65. The van der Waals surface area contributed by atoms with E-state index >= 15 is 0 Å². The zero-order valence-corrected chi connectivity index (χ0v) is 8.70. The highest BCUT2D eigenvalue weighted by molar-refractivity contribution is 5.84. The molecule has 1 rings (SSSR count). The molecule has 0 radical (unpaired) electrons. The third kappa shape index (κ3) is 2.49. The third-order valence-corrected chi connectivity index (χ3v) is 1.79. The minimum absolute atomic E-state index is 0.120. The van der Waals surface area contributed by atoms with Crippen molar-refractivity contribution in [2.75, 3.05) is 12.4 Å². The van der Waals surface area contributed by atoms with Crippen molar-refractivity contribution in [3.05, 3.63) is 23.8 Å². The molecule has 0 aliphatic carbocycles. The number of aldehydes is 1. The molecule has 3 nitrogen and oxygen atoms in total. The number of carbonyl (C=O) groups is 1. The van der Waals surface area contributed by atoms with Crippen molar-refractivity contribution in [1.29, 1.82) is 0 Å². The molecule has 0 saturated heterocycles. The fraction of sp³-hybridized carbons (Fsp3) is 0.364. The fourth-order valence-electron chi connectivity index (χ4n) is 1.21. The maximum Gasteiger partial charge on any atom is 0.152 e. The number of benzene rings is 1. The lowest BCUT2D eigenvalue weighted by atomic mass is 10.2. The van der Waals surface area contributed by atoms with Gasteiger partial charge in [-0.15, -0.1) is 0 Å². The molecule has 0 bridgehead atoms. The van der Waals surface area contributed by atoms with Crippen LogP contribution in [0.25, 0.3) is 0 Å². The van der Waals surface area contributed by atoms with Gasteiger partial charge in [0.25, 0.3) is 0 Å². The van der Waals surface area contributed by atoms with Crippen molar-refractivity contribution in [2.45, 2.75) is 20.0 Å². The number of anilines is 1. The maximum atomic E-state index is 10.7. The number of carbonyl (C=O) groups excluding carboxylic acids is 1. The van der Waals surface area contributed by atoms with E-state index in [2.05, 4.69) is 5.32 Å². The highest BCUT2D eigenvalue weighted by Crippen LogP contribution is 2.21. The van der Waals surface area contributed by atoms with Crippen molar-refractivity contribution >= 4 is 12.0 Å². The van der Waals surface area contributed by atoms with Crippen molar-refractivity contribution in [3.8, 4) is 5.75 Å². The summed E-state index contributed by atoms with van der Waals surface area (Å²) in [5.74, 6) is 0.723. The number of hydrogen-bond donors (Lipinski definition) is 1. The first kappa shape index (κ1) is 10.6. The topological polar surface area (TPSA) is 38.3 Å². The zero-order chi connectivity index (χ0) is 10.6. The maximum absolute atomic E-state index is 10.7. The minimum Gasteiger partial charge on any atom is -0.491 e. The molecule has 0 saturated carbocycles. The van der Waals surface area contributed by atoms with Crippen LogP contribution in [-0.2, 0) is 0 Å². The van der Waals surface area contributed by atoms with Crippen LogP contribution in [0.1, 0.15) is 24.2 Å². The Balaban J connectivity index is 2.95. The molecule has 1 N–H and O–H groups in total. The Morgan fingerprint density at radius 3 is 2.64 bits per heavy atom. The molecule has 0 fully saturated rings. The molecule has 76 valence electrons. The number of nitrogens with one attached hydrogen (secondary N) is 1. The highest BCUT2D eigenvalue weighted by Gasteiger charge is 2.03. The molecule has 1 aromatic carbocycles. The van der Waals surface area contributed by atoms with Crippen LogP contribution >= 0.6 is 0 Å². The van der Waals surface area contributed by atoms with Gasteiger partial charge in [-0.2, -0.15) is 0 Å². The molecule has 0 spiro atoms. The number of ether oxygens (including phenoxy) is 1. The van der Waals surface area contributed by atoms with E-state index < -0.39 is 0 Å². The summed E-state index contributed by atoms with van der Waals surface area (Å²) in [6.07, 6.45) is 0.939. The van der Waals surface area contributed by atoms with Gasteiger partial charge in [0.15, 0.2) is 6.29 Å². The van der Waals surface area contributed by atoms with E-state index in [0.29, 0.717) is 5.56 Å². The molecule has 0 atom stereocenters. The smallest absolute Gasteiger partial charge is 0.152 e. The second-order valence-electron chi connectivity index (χ2n) is 3.28. The van der Waals surface area contributed by atoms with Gasteiger partial charge in [-0.05, 0) is 32.0 Å². The molecule has 0 unspecified atom stereocenters. The molecule has 0 heterocycles. The lowest BCUT2D eigenvalue weighted by molar-refractivity contribution is 0.112. The molecular formula is C11H15NO2. The summed E-state index contributed by atoms with van der Waals surface area (Å²) in [6, 6.07) is 5.42. The normalized spacial score (nSPS) is 10.0. The van der Waals surface area contributed by atoms with Crippen LogP contribution in [0.2, 0.25) is 0 Å². The quantitative estimate of drug-likeness (QED) is 0.746. The molecule has 3 heteroatoms. The Labute approximate surface area is 84.1 Å². The predicted molar refractivity (Wildman–Crippen MR) is 57.1 cm³/mol. The van der Waals surface area contributed by atoms with Crippen LogP contribution in [0.3, 0.4) is 0 Å². The van der Waals surface area contributed by atoms with Gasteiger partial charge in [-0.25, -0.2) is 0 Å². The van der Waals surface area contributed by atoms with Gasteiger partial charge < -0.3 is 10.1 Å². The zero-order valence-electron chi connectivity index (χ0n) is 8.70. The minimum atomic E-state index is 0.120. The van der Waals surface area contributed by atoms with Crippen molar-refractivity contribution in [1.82, 2.24) is 0 Å². The van der Waals surface area contributed by atoms with Crippen LogP contribution in [0.5, 0.6) is 5.75 Å². The van der Waals surface area contributed by atoms with Crippen molar-refractivity contribution in [2.24, 2.45) is 0 Å². The van der Waals surface area contributed by atoms with E-state index in [9.17, 15) is 4.79 Å². The average molecular weight is 193 g/mol. The van der Waals surface area contributed by atoms with Crippen molar-refractivity contribution < 1.29 is 9.53 Å². The predicted octanol–water partition coefficient (Wildman–Crippen LogP) is 2.33.